The Kier molecular flexibility index (Phi) is 5.43. The van der Waals surface area contributed by atoms with Crippen molar-refractivity contribution in [3.63, 3.8) is 0 Å². The molecule has 5 nitrogen and oxygen atoms in total. The average Bonchev–Trinajstić information content (AvgIpc) is 3.68. The van der Waals surface area contributed by atoms with E-state index < -0.39 is 0 Å². The van der Waals surface area contributed by atoms with Gasteiger partial charge in [-0.25, -0.2) is 15.0 Å². The zero-order chi connectivity index (χ0) is 29.0. The molecular formula is C39H25N5. The molecule has 5 heteroatoms. The van der Waals surface area contributed by atoms with Crippen molar-refractivity contribution in [1.82, 2.24) is 23.9 Å². The van der Waals surface area contributed by atoms with Crippen molar-refractivity contribution in [2.75, 3.05) is 0 Å². The summed E-state index contributed by atoms with van der Waals surface area (Å²) in [6.45, 7) is 0. The highest BCUT2D eigenvalue weighted by Gasteiger charge is 2.16. The third-order valence-corrected chi connectivity index (χ3v) is 8.37. The predicted molar refractivity (Wildman–Crippen MR) is 179 cm³/mol. The van der Waals surface area contributed by atoms with Gasteiger partial charge in [-0.2, -0.15) is 0 Å². The van der Waals surface area contributed by atoms with E-state index >= 15 is 0 Å². The number of rotatable bonds is 4. The lowest BCUT2D eigenvalue weighted by Gasteiger charge is -2.11. The van der Waals surface area contributed by atoms with Crippen molar-refractivity contribution in [1.29, 1.82) is 0 Å². The summed E-state index contributed by atoms with van der Waals surface area (Å²) >= 11 is 0. The van der Waals surface area contributed by atoms with Crippen LogP contribution < -0.4 is 0 Å². The Bertz CT molecular complexity index is 2470. The molecule has 9 rings (SSSR count). The Labute approximate surface area is 253 Å². The van der Waals surface area contributed by atoms with Gasteiger partial charge in [0.15, 0.2) is 5.65 Å². The monoisotopic (exact) mass is 563 g/mol. The summed E-state index contributed by atoms with van der Waals surface area (Å²) in [5.74, 6) is 0.937. The lowest BCUT2D eigenvalue weighted by molar-refractivity contribution is 1.10. The first-order valence-electron chi connectivity index (χ1n) is 14.7. The van der Waals surface area contributed by atoms with Crippen LogP contribution in [0.25, 0.3) is 78.1 Å². The number of hydrogen-bond donors (Lipinski definition) is 0. The van der Waals surface area contributed by atoms with Crippen LogP contribution in [0.5, 0.6) is 0 Å². The molecule has 0 saturated carbocycles. The van der Waals surface area contributed by atoms with Gasteiger partial charge in [-0.15, -0.1) is 0 Å². The van der Waals surface area contributed by atoms with Crippen LogP contribution in [0.4, 0.5) is 0 Å². The lowest BCUT2D eigenvalue weighted by atomic mass is 9.99. The molecular weight excluding hydrogens is 538 g/mol. The van der Waals surface area contributed by atoms with E-state index in [1.165, 1.54) is 0 Å². The number of imidazole rings is 2. The van der Waals surface area contributed by atoms with Crippen molar-refractivity contribution < 1.29 is 0 Å². The van der Waals surface area contributed by atoms with Crippen LogP contribution in [0.15, 0.2) is 152 Å². The second kappa shape index (κ2) is 9.75. The molecule has 0 bridgehead atoms. The average molecular weight is 564 g/mol. The second-order valence-electron chi connectivity index (χ2n) is 11.0. The standard InChI is InChI=1S/C39H25N5/c1-2-10-29(11-3-1)38-40-33-14-6-7-15-34(33)44(38)30-23-21-27(22-24-30)26-17-19-28(20-18-26)36-31-12-4-5-13-32(31)37-39(42-36)43-25-9-8-16-35(43)41-37/h1-25H. The maximum Gasteiger partial charge on any atom is 0.165 e. The minimum atomic E-state index is 0.871. The lowest BCUT2D eigenvalue weighted by Crippen LogP contribution is -1.97. The number of fused-ring (bicyclic) bond motifs is 6. The van der Waals surface area contributed by atoms with Gasteiger partial charge in [-0.1, -0.05) is 109 Å². The van der Waals surface area contributed by atoms with Crippen LogP contribution in [0.2, 0.25) is 0 Å². The molecule has 0 atom stereocenters. The molecule has 0 aliphatic rings. The molecule has 44 heavy (non-hydrogen) atoms. The first-order valence-corrected chi connectivity index (χ1v) is 14.7. The van der Waals surface area contributed by atoms with Crippen LogP contribution in [0, 0.1) is 0 Å². The summed E-state index contributed by atoms with van der Waals surface area (Å²) in [6, 6.07) is 50.6. The van der Waals surface area contributed by atoms with Gasteiger partial charge in [-0.05, 0) is 47.5 Å². The largest absolute Gasteiger partial charge is 0.292 e. The minimum absolute atomic E-state index is 0.871. The molecule has 4 aromatic heterocycles. The van der Waals surface area contributed by atoms with Gasteiger partial charge in [0.2, 0.25) is 0 Å². The van der Waals surface area contributed by atoms with E-state index in [4.69, 9.17) is 15.0 Å². The summed E-state index contributed by atoms with van der Waals surface area (Å²) in [5, 5.41) is 2.21. The van der Waals surface area contributed by atoms with Gasteiger partial charge in [0.1, 0.15) is 17.0 Å². The summed E-state index contributed by atoms with van der Waals surface area (Å²) in [4.78, 5) is 15.0. The molecule has 0 radical (unpaired) electrons. The second-order valence-corrected chi connectivity index (χ2v) is 11.0. The van der Waals surface area contributed by atoms with Gasteiger partial charge < -0.3 is 0 Å². The zero-order valence-corrected chi connectivity index (χ0v) is 23.7. The minimum Gasteiger partial charge on any atom is -0.292 e. The van der Waals surface area contributed by atoms with Crippen LogP contribution in [0.1, 0.15) is 0 Å². The summed E-state index contributed by atoms with van der Waals surface area (Å²) in [5.41, 5.74) is 11.3. The van der Waals surface area contributed by atoms with Crippen LogP contribution in [-0.2, 0) is 0 Å². The van der Waals surface area contributed by atoms with Gasteiger partial charge in [0, 0.05) is 33.8 Å². The maximum absolute atomic E-state index is 5.15. The molecule has 0 aliphatic heterocycles. The molecule has 0 amide bonds. The van der Waals surface area contributed by atoms with Gasteiger partial charge in [-0.3, -0.25) is 8.97 Å². The number of aromatic nitrogens is 5. The Balaban J connectivity index is 1.11. The third-order valence-electron chi connectivity index (χ3n) is 8.37. The number of hydrogen-bond acceptors (Lipinski definition) is 3. The summed E-state index contributed by atoms with van der Waals surface area (Å²) in [7, 11) is 0. The van der Waals surface area contributed by atoms with E-state index in [0.717, 1.165) is 78.1 Å². The van der Waals surface area contributed by atoms with Gasteiger partial charge in [0.25, 0.3) is 0 Å². The molecule has 0 spiro atoms. The molecule has 0 saturated heterocycles. The fraction of sp³-hybridized carbons (Fsp3) is 0. The van der Waals surface area contributed by atoms with E-state index in [-0.39, 0.29) is 0 Å². The number of nitrogens with zero attached hydrogens (tertiary/aromatic N) is 5. The van der Waals surface area contributed by atoms with E-state index in [9.17, 15) is 0 Å². The summed E-state index contributed by atoms with van der Waals surface area (Å²) in [6.07, 6.45) is 2.03. The zero-order valence-electron chi connectivity index (χ0n) is 23.7. The topological polar surface area (TPSA) is 48.0 Å². The van der Waals surface area contributed by atoms with E-state index in [1.807, 2.05) is 36.5 Å². The fourth-order valence-electron chi connectivity index (χ4n) is 6.24. The highest BCUT2D eigenvalue weighted by Crippen LogP contribution is 2.34. The molecule has 0 fully saturated rings. The van der Waals surface area contributed by atoms with E-state index in [1.54, 1.807) is 0 Å². The predicted octanol–water partition coefficient (Wildman–Crippen LogP) is 9.38. The highest BCUT2D eigenvalue weighted by atomic mass is 15.1. The van der Waals surface area contributed by atoms with Gasteiger partial charge >= 0.3 is 0 Å². The highest BCUT2D eigenvalue weighted by molar-refractivity contribution is 6.09. The Morgan fingerprint density at radius 1 is 0.455 bits per heavy atom. The fourth-order valence-corrected chi connectivity index (χ4v) is 6.24. The number of pyridine rings is 2. The smallest absolute Gasteiger partial charge is 0.165 e. The normalized spacial score (nSPS) is 11.6. The summed E-state index contributed by atoms with van der Waals surface area (Å²) < 4.78 is 4.30. The van der Waals surface area contributed by atoms with Crippen molar-refractivity contribution in [2.45, 2.75) is 0 Å². The molecule has 5 aromatic carbocycles. The van der Waals surface area contributed by atoms with Crippen molar-refractivity contribution in [2.24, 2.45) is 0 Å². The Morgan fingerprint density at radius 2 is 1.11 bits per heavy atom. The third kappa shape index (κ3) is 3.83. The first kappa shape index (κ1) is 24.5. The molecule has 9 aromatic rings. The number of para-hydroxylation sites is 2. The number of benzene rings is 5. The van der Waals surface area contributed by atoms with E-state index in [2.05, 4.69) is 124 Å². The first-order chi connectivity index (χ1) is 21.8. The van der Waals surface area contributed by atoms with Crippen LogP contribution >= 0.6 is 0 Å². The molecule has 206 valence electrons. The SMILES string of the molecule is c1ccc(-c2nc3ccccc3n2-c2ccc(-c3ccc(-c4nc5c(nc6ccccn65)c5ccccc45)cc3)cc2)cc1. The maximum atomic E-state index is 5.15. The Morgan fingerprint density at radius 3 is 1.93 bits per heavy atom. The van der Waals surface area contributed by atoms with E-state index in [0.29, 0.717) is 0 Å². The van der Waals surface area contributed by atoms with Crippen molar-refractivity contribution >= 4 is 38.6 Å². The van der Waals surface area contributed by atoms with Gasteiger partial charge in [0.05, 0.1) is 16.7 Å². The molecule has 4 heterocycles. The quantitative estimate of drug-likeness (QED) is 0.214. The molecule has 0 aliphatic carbocycles. The van der Waals surface area contributed by atoms with Crippen molar-refractivity contribution in [3.05, 3.63) is 152 Å². The van der Waals surface area contributed by atoms with Crippen LogP contribution in [0.3, 0.4) is 0 Å². The van der Waals surface area contributed by atoms with Crippen molar-refractivity contribution in [3.8, 4) is 39.5 Å². The molecule has 0 N–H and O–H groups in total. The Hall–Kier alpha value is -6.07. The van der Waals surface area contributed by atoms with Crippen LogP contribution in [-0.4, -0.2) is 23.9 Å². The molecule has 0 unspecified atom stereocenters.